The second kappa shape index (κ2) is 2.40. The van der Waals surface area contributed by atoms with Crippen LogP contribution < -0.4 is 9.62 Å². The third-order valence-corrected chi connectivity index (χ3v) is 2.60. The average molecular weight is 161 g/mol. The summed E-state index contributed by atoms with van der Waals surface area (Å²) in [6.07, 6.45) is 1.83. The molecule has 0 fully saturated rings. The second-order valence-electron chi connectivity index (χ2n) is 3.20. The molecule has 1 aromatic heterocycles. The highest BCUT2D eigenvalue weighted by atomic mass is 15.3. The molecule has 0 atom stereocenters. The molecule has 12 heavy (non-hydrogen) atoms. The molecule has 62 valence electrons. The predicted octanol–water partition coefficient (Wildman–Crippen LogP) is 1.09. The van der Waals surface area contributed by atoms with Gasteiger partial charge in [-0.15, -0.1) is 0 Å². The first-order valence-corrected chi connectivity index (χ1v) is 4.12. The van der Waals surface area contributed by atoms with E-state index in [0.29, 0.717) is 6.98 Å². The van der Waals surface area contributed by atoms with Gasteiger partial charge >= 0.3 is 6.98 Å². The first kappa shape index (κ1) is 7.46. The minimum atomic E-state index is 0.412. The minimum Gasteiger partial charge on any atom is -0.396 e. The van der Waals surface area contributed by atoms with Gasteiger partial charge in [0.1, 0.15) is 5.82 Å². The van der Waals surface area contributed by atoms with E-state index >= 15 is 0 Å². The Bertz CT molecular complexity index is 273. The average Bonchev–Trinajstić information content (AvgIpc) is 2.33. The molecule has 1 aromatic rings. The normalized spacial score (nSPS) is 15.4. The van der Waals surface area contributed by atoms with Crippen molar-refractivity contribution < 1.29 is 0 Å². The molecule has 0 amide bonds. The van der Waals surface area contributed by atoms with Crippen LogP contribution in [0.5, 0.6) is 0 Å². The van der Waals surface area contributed by atoms with Gasteiger partial charge in [-0.25, -0.2) is 4.98 Å². The van der Waals surface area contributed by atoms with Crippen molar-refractivity contribution in [3.63, 3.8) is 0 Å². The number of fused-ring (bicyclic) bond motifs is 1. The van der Waals surface area contributed by atoms with Crippen molar-refractivity contribution in [2.45, 2.75) is 6.82 Å². The Kier molecular flexibility index (Phi) is 1.49. The van der Waals surface area contributed by atoms with Gasteiger partial charge in [0, 0.05) is 6.20 Å². The van der Waals surface area contributed by atoms with Crippen LogP contribution in [0.4, 0.5) is 11.5 Å². The van der Waals surface area contributed by atoms with Crippen molar-refractivity contribution in [1.82, 2.24) is 4.98 Å². The summed E-state index contributed by atoms with van der Waals surface area (Å²) in [5.41, 5.74) is 1.22. The van der Waals surface area contributed by atoms with Crippen LogP contribution in [-0.2, 0) is 0 Å². The van der Waals surface area contributed by atoms with E-state index in [9.17, 15) is 0 Å². The van der Waals surface area contributed by atoms with E-state index in [1.54, 1.807) is 0 Å². The van der Waals surface area contributed by atoms with Crippen molar-refractivity contribution >= 4 is 18.5 Å². The molecule has 0 bridgehead atoms. The van der Waals surface area contributed by atoms with Crippen LogP contribution in [0.15, 0.2) is 18.3 Å². The Morgan fingerprint density at radius 2 is 2.08 bits per heavy atom. The lowest BCUT2D eigenvalue weighted by atomic mass is 9.78. The summed E-state index contributed by atoms with van der Waals surface area (Å²) in [5.74, 6) is 1.08. The van der Waals surface area contributed by atoms with Crippen molar-refractivity contribution in [3.05, 3.63) is 18.3 Å². The monoisotopic (exact) mass is 161 g/mol. The fraction of sp³-hybridized carbons (Fsp3) is 0.375. The zero-order valence-electron chi connectivity index (χ0n) is 7.65. The van der Waals surface area contributed by atoms with Gasteiger partial charge in [-0.2, -0.15) is 0 Å². The van der Waals surface area contributed by atoms with Crippen molar-refractivity contribution in [2.75, 3.05) is 23.7 Å². The van der Waals surface area contributed by atoms with Gasteiger partial charge in [0.25, 0.3) is 0 Å². The highest BCUT2D eigenvalue weighted by Gasteiger charge is 2.32. The molecule has 0 saturated carbocycles. The molecule has 0 unspecified atom stereocenters. The zero-order valence-corrected chi connectivity index (χ0v) is 7.65. The molecular weight excluding hydrogens is 149 g/mol. The van der Waals surface area contributed by atoms with Gasteiger partial charge in [-0.1, -0.05) is 0 Å². The lowest BCUT2D eigenvalue weighted by Crippen LogP contribution is -2.41. The van der Waals surface area contributed by atoms with E-state index in [1.165, 1.54) is 5.69 Å². The molecule has 0 radical (unpaired) electrons. The number of pyridine rings is 1. The summed E-state index contributed by atoms with van der Waals surface area (Å²) in [6.45, 7) is 2.58. The molecule has 3 nitrogen and oxygen atoms in total. The van der Waals surface area contributed by atoms with Gasteiger partial charge in [0.05, 0.1) is 5.69 Å². The van der Waals surface area contributed by atoms with Gasteiger partial charge < -0.3 is 9.62 Å². The van der Waals surface area contributed by atoms with Crippen LogP contribution in [0.3, 0.4) is 0 Å². The first-order valence-electron chi connectivity index (χ1n) is 4.12. The zero-order chi connectivity index (χ0) is 8.72. The molecule has 1 aliphatic rings. The Labute approximate surface area is 73.1 Å². The molecule has 1 aliphatic heterocycles. The molecule has 0 aliphatic carbocycles. The smallest absolute Gasteiger partial charge is 0.373 e. The first-order chi connectivity index (χ1) is 5.72. The summed E-state index contributed by atoms with van der Waals surface area (Å²) in [5, 5.41) is 0. The van der Waals surface area contributed by atoms with Crippen LogP contribution in [0, 0.1) is 0 Å². The largest absolute Gasteiger partial charge is 0.396 e. The SMILES string of the molecule is CB1N(C)c2cccnc2N1C. The maximum Gasteiger partial charge on any atom is 0.373 e. The lowest BCUT2D eigenvalue weighted by Gasteiger charge is -2.18. The van der Waals surface area contributed by atoms with Gasteiger partial charge in [0.2, 0.25) is 0 Å². The highest BCUT2D eigenvalue weighted by Crippen LogP contribution is 2.32. The Morgan fingerprint density at radius 3 is 2.75 bits per heavy atom. The Balaban J connectivity index is 2.52. The molecule has 4 heteroatoms. The van der Waals surface area contributed by atoms with E-state index in [-0.39, 0.29) is 0 Å². The van der Waals surface area contributed by atoms with E-state index in [2.05, 4.69) is 41.6 Å². The van der Waals surface area contributed by atoms with Gasteiger partial charge in [0.15, 0.2) is 0 Å². The fourth-order valence-electron chi connectivity index (χ4n) is 1.57. The Morgan fingerprint density at radius 1 is 1.33 bits per heavy atom. The quantitative estimate of drug-likeness (QED) is 0.531. The Hall–Kier alpha value is -1.19. The molecular formula is C8H12BN3. The van der Waals surface area contributed by atoms with Crippen LogP contribution >= 0.6 is 0 Å². The molecule has 0 N–H and O–H groups in total. The molecule has 0 spiro atoms. The fourth-order valence-corrected chi connectivity index (χ4v) is 1.57. The van der Waals surface area contributed by atoms with Crippen molar-refractivity contribution in [2.24, 2.45) is 0 Å². The molecule has 2 rings (SSSR count). The highest BCUT2D eigenvalue weighted by molar-refractivity contribution is 6.68. The number of hydrogen-bond donors (Lipinski definition) is 0. The topological polar surface area (TPSA) is 19.4 Å². The summed E-state index contributed by atoms with van der Waals surface area (Å²) >= 11 is 0. The summed E-state index contributed by atoms with van der Waals surface area (Å²) in [7, 11) is 4.16. The summed E-state index contributed by atoms with van der Waals surface area (Å²) in [6, 6.07) is 4.07. The number of hydrogen-bond acceptors (Lipinski definition) is 3. The molecule has 0 aromatic carbocycles. The minimum absolute atomic E-state index is 0.412. The molecule has 2 heterocycles. The van der Waals surface area contributed by atoms with Gasteiger partial charge in [-0.3, -0.25) is 0 Å². The van der Waals surface area contributed by atoms with E-state index < -0.39 is 0 Å². The summed E-state index contributed by atoms with van der Waals surface area (Å²) < 4.78 is 0. The van der Waals surface area contributed by atoms with E-state index in [4.69, 9.17) is 0 Å². The molecule has 0 saturated heterocycles. The third kappa shape index (κ3) is 0.808. The number of anilines is 2. The van der Waals surface area contributed by atoms with Crippen LogP contribution in [0.25, 0.3) is 0 Å². The second-order valence-corrected chi connectivity index (χ2v) is 3.20. The van der Waals surface area contributed by atoms with Crippen LogP contribution in [-0.4, -0.2) is 26.1 Å². The predicted molar refractivity (Wildman–Crippen MR) is 52.7 cm³/mol. The third-order valence-electron chi connectivity index (χ3n) is 2.60. The van der Waals surface area contributed by atoms with Gasteiger partial charge in [-0.05, 0) is 33.1 Å². The maximum absolute atomic E-state index is 4.33. The van der Waals surface area contributed by atoms with Crippen molar-refractivity contribution in [1.29, 1.82) is 0 Å². The van der Waals surface area contributed by atoms with E-state index in [0.717, 1.165) is 5.82 Å². The lowest BCUT2D eigenvalue weighted by molar-refractivity contribution is 1.21. The maximum atomic E-state index is 4.33. The van der Waals surface area contributed by atoms with Crippen molar-refractivity contribution in [3.8, 4) is 0 Å². The number of rotatable bonds is 0. The standard InChI is InChI=1S/C8H12BN3/c1-9-11(2)7-5-4-6-10-8(7)12(9)3/h4-6H,1-3H3. The number of nitrogens with zero attached hydrogens (tertiary/aromatic N) is 3. The van der Waals surface area contributed by atoms with Crippen LogP contribution in [0.2, 0.25) is 6.82 Å². The number of aromatic nitrogens is 1. The van der Waals surface area contributed by atoms with Crippen LogP contribution in [0.1, 0.15) is 0 Å². The summed E-state index contributed by atoms with van der Waals surface area (Å²) in [4.78, 5) is 8.73. The van der Waals surface area contributed by atoms with E-state index in [1.807, 2.05) is 12.3 Å².